The van der Waals surface area contributed by atoms with Gasteiger partial charge >= 0.3 is 17.1 Å². The molecule has 1 rings (SSSR count). The number of hydrogen-bond donors (Lipinski definition) is 1. The third kappa shape index (κ3) is 2.36. The van der Waals surface area contributed by atoms with Gasteiger partial charge < -0.3 is 0 Å². The van der Waals surface area contributed by atoms with Crippen LogP contribution in [0, 0.1) is 0 Å². The van der Waals surface area contributed by atoms with E-state index >= 15 is 0 Å². The van der Waals surface area contributed by atoms with Gasteiger partial charge in [-0.1, -0.05) is 12.6 Å². The molecule has 0 amide bonds. The Kier molecular flexibility index (Phi) is 3.96. The maximum atomic E-state index is 4.03. The van der Waals surface area contributed by atoms with E-state index in [1.807, 2.05) is 24.4 Å². The predicted octanol–water partition coefficient (Wildman–Crippen LogP) is 0.787. The van der Waals surface area contributed by atoms with Crippen LogP contribution in [0.5, 0.6) is 0 Å². The molecule has 46 valence electrons. The zero-order chi connectivity index (χ0) is 5.11. The number of aromatic amines is 1. The Balaban J connectivity index is 0.000000490. The third-order valence-electron chi connectivity index (χ3n) is 0.693. The molecule has 1 aromatic heterocycles. The average Bonchev–Trinajstić information content (AvgIpc) is 1.69. The summed E-state index contributed by atoms with van der Waals surface area (Å²) in [5.41, 5.74) is 0. The summed E-state index contributed by atoms with van der Waals surface area (Å²) in [5.74, 6) is 0. The zero-order valence-electron chi connectivity index (χ0n) is 4.06. The van der Waals surface area contributed by atoms with Crippen molar-refractivity contribution in [3.05, 3.63) is 24.4 Å². The fourth-order valence-corrected chi connectivity index (χ4v) is 0.544. The summed E-state index contributed by atoms with van der Waals surface area (Å²) < 4.78 is 0. The Hall–Kier alpha value is 0.0195. The zero-order valence-corrected chi connectivity index (χ0v) is 5.89. The quantitative estimate of drug-likeness (QED) is 0.443. The van der Waals surface area contributed by atoms with Crippen molar-refractivity contribution in [2.45, 2.75) is 5.03 Å². The molecule has 1 nitrogen and oxygen atoms in total. The van der Waals surface area contributed by atoms with Crippen LogP contribution >= 0.6 is 12.6 Å². The van der Waals surface area contributed by atoms with Crippen molar-refractivity contribution in [1.82, 2.24) is 0 Å². The first-order valence-electron chi connectivity index (χ1n) is 2.05. The summed E-state index contributed by atoms with van der Waals surface area (Å²) in [6.45, 7) is 0. The molecule has 0 fully saturated rings. The topological polar surface area (TPSA) is 14.1 Å². The van der Waals surface area contributed by atoms with E-state index < -0.39 is 0 Å². The summed E-state index contributed by atoms with van der Waals surface area (Å²) >= 11 is 4.03. The van der Waals surface area contributed by atoms with Crippen molar-refractivity contribution in [2.75, 3.05) is 0 Å². The SMILES string of the molecule is Sc1cccc[nH+]1.[Cu+]. The Morgan fingerprint density at radius 3 is 2.38 bits per heavy atom. The van der Waals surface area contributed by atoms with Crippen LogP contribution in [-0.2, 0) is 17.1 Å². The minimum atomic E-state index is 0. The second kappa shape index (κ2) is 3.95. The Bertz CT molecular complexity index is 142. The Morgan fingerprint density at radius 1 is 1.38 bits per heavy atom. The molecule has 0 radical (unpaired) electrons. The first-order chi connectivity index (χ1) is 3.39. The van der Waals surface area contributed by atoms with Crippen LogP contribution < -0.4 is 4.98 Å². The van der Waals surface area contributed by atoms with Gasteiger partial charge in [-0.2, -0.15) is 0 Å². The van der Waals surface area contributed by atoms with Gasteiger partial charge in [0.1, 0.15) is 0 Å². The molecule has 0 saturated carbocycles. The molecule has 0 bridgehead atoms. The monoisotopic (exact) mass is 175 g/mol. The summed E-state index contributed by atoms with van der Waals surface area (Å²) in [6.07, 6.45) is 1.84. The van der Waals surface area contributed by atoms with Gasteiger partial charge in [0.25, 0.3) is 0 Å². The number of nitrogens with one attached hydrogen (secondary N) is 1. The fourth-order valence-electron chi connectivity index (χ4n) is 0.384. The van der Waals surface area contributed by atoms with E-state index in [1.54, 1.807) is 0 Å². The van der Waals surface area contributed by atoms with E-state index in [0.29, 0.717) is 0 Å². The first kappa shape index (κ1) is 8.02. The first-order valence-corrected chi connectivity index (χ1v) is 2.50. The summed E-state index contributed by atoms with van der Waals surface area (Å²) in [4.78, 5) is 2.90. The van der Waals surface area contributed by atoms with E-state index in [2.05, 4.69) is 17.6 Å². The van der Waals surface area contributed by atoms with Crippen molar-refractivity contribution in [3.63, 3.8) is 0 Å². The standard InChI is InChI=1S/C5H5NS.Cu/c7-5-3-1-2-4-6-5;/h1-4H,(H,6,7);/q;+1/p+1. The Labute approximate surface area is 64.4 Å². The number of aromatic nitrogens is 1. The van der Waals surface area contributed by atoms with Crippen LogP contribution in [0.3, 0.4) is 0 Å². The second-order valence-corrected chi connectivity index (χ2v) is 1.73. The van der Waals surface area contributed by atoms with Crippen molar-refractivity contribution < 1.29 is 22.1 Å². The summed E-state index contributed by atoms with van der Waals surface area (Å²) in [6, 6.07) is 5.74. The second-order valence-electron chi connectivity index (χ2n) is 1.25. The van der Waals surface area contributed by atoms with Gasteiger partial charge in [-0.05, 0) is 6.07 Å². The van der Waals surface area contributed by atoms with Crippen molar-refractivity contribution >= 4 is 12.6 Å². The van der Waals surface area contributed by atoms with Crippen molar-refractivity contribution in [1.29, 1.82) is 0 Å². The van der Waals surface area contributed by atoms with Crippen molar-refractivity contribution in [2.24, 2.45) is 0 Å². The number of hydrogen-bond acceptors (Lipinski definition) is 1. The van der Waals surface area contributed by atoms with Gasteiger partial charge in [0.15, 0.2) is 6.20 Å². The molecule has 1 aromatic rings. The molecule has 0 aromatic carbocycles. The van der Waals surface area contributed by atoms with Gasteiger partial charge in [0.2, 0.25) is 5.03 Å². The predicted molar refractivity (Wildman–Crippen MR) is 30.2 cm³/mol. The smallest absolute Gasteiger partial charge is 0.206 e. The van der Waals surface area contributed by atoms with E-state index in [1.165, 1.54) is 0 Å². The maximum Gasteiger partial charge on any atom is 1.00 e. The largest absolute Gasteiger partial charge is 1.00 e. The van der Waals surface area contributed by atoms with Crippen LogP contribution in [0.1, 0.15) is 0 Å². The van der Waals surface area contributed by atoms with Crippen molar-refractivity contribution in [3.8, 4) is 0 Å². The number of rotatable bonds is 0. The minimum absolute atomic E-state index is 0. The molecular weight excluding hydrogens is 170 g/mol. The molecule has 0 spiro atoms. The molecule has 0 atom stereocenters. The molecule has 0 aliphatic rings. The number of pyridine rings is 1. The molecular formula is C5H6CuNS+2. The van der Waals surface area contributed by atoms with E-state index in [0.717, 1.165) is 5.03 Å². The minimum Gasteiger partial charge on any atom is -0.206 e. The van der Waals surface area contributed by atoms with Crippen LogP contribution in [0.2, 0.25) is 0 Å². The van der Waals surface area contributed by atoms with E-state index in [9.17, 15) is 0 Å². The molecule has 0 aliphatic heterocycles. The molecule has 0 unspecified atom stereocenters. The third-order valence-corrected chi connectivity index (χ3v) is 0.971. The van der Waals surface area contributed by atoms with Gasteiger partial charge in [-0.15, -0.1) is 0 Å². The number of H-pyrrole nitrogens is 1. The van der Waals surface area contributed by atoms with Crippen LogP contribution in [-0.4, -0.2) is 0 Å². The molecule has 1 heterocycles. The summed E-state index contributed by atoms with van der Waals surface area (Å²) in [5, 5.41) is 0.891. The van der Waals surface area contributed by atoms with Gasteiger partial charge in [-0.3, -0.25) is 0 Å². The average molecular weight is 176 g/mol. The van der Waals surface area contributed by atoms with Crippen LogP contribution in [0.4, 0.5) is 0 Å². The fraction of sp³-hybridized carbons (Fsp3) is 0. The normalized spacial score (nSPS) is 7.62. The van der Waals surface area contributed by atoms with Crippen LogP contribution in [0.25, 0.3) is 0 Å². The van der Waals surface area contributed by atoms with E-state index in [4.69, 9.17) is 0 Å². The van der Waals surface area contributed by atoms with Gasteiger partial charge in [-0.25, -0.2) is 4.98 Å². The van der Waals surface area contributed by atoms with E-state index in [-0.39, 0.29) is 17.1 Å². The number of thiol groups is 1. The molecule has 3 heteroatoms. The van der Waals surface area contributed by atoms with Gasteiger partial charge in [0.05, 0.1) is 0 Å². The molecule has 0 saturated heterocycles. The maximum absolute atomic E-state index is 4.03. The molecule has 8 heavy (non-hydrogen) atoms. The van der Waals surface area contributed by atoms with Crippen LogP contribution in [0.15, 0.2) is 29.4 Å². The summed E-state index contributed by atoms with van der Waals surface area (Å²) in [7, 11) is 0. The molecule has 1 N–H and O–H groups in total. The molecule has 0 aliphatic carbocycles. The van der Waals surface area contributed by atoms with Gasteiger partial charge in [0, 0.05) is 12.1 Å². The Morgan fingerprint density at radius 2 is 2.12 bits per heavy atom.